The topological polar surface area (TPSA) is 70.7 Å². The number of benzene rings is 2. The SMILES string of the molecule is COc1ccc(N2C[C@@H](C)N[C@@H](C)C2)cc1NS(=O)(=O)c1ccc(-c2cccc(F)c2F)s1. The van der Waals surface area contributed by atoms with E-state index in [4.69, 9.17) is 4.74 Å². The van der Waals surface area contributed by atoms with E-state index in [2.05, 4.69) is 28.8 Å². The van der Waals surface area contributed by atoms with E-state index in [0.717, 1.165) is 36.2 Å². The van der Waals surface area contributed by atoms with E-state index in [-0.39, 0.29) is 9.77 Å². The van der Waals surface area contributed by atoms with Gasteiger partial charge in [-0.05, 0) is 50.2 Å². The molecule has 1 aliphatic rings. The molecule has 2 atom stereocenters. The molecule has 1 aliphatic heterocycles. The van der Waals surface area contributed by atoms with Crippen LogP contribution in [-0.4, -0.2) is 40.7 Å². The monoisotopic (exact) mass is 493 g/mol. The first-order chi connectivity index (χ1) is 15.7. The molecule has 0 radical (unpaired) electrons. The molecule has 2 heterocycles. The van der Waals surface area contributed by atoms with Crippen LogP contribution in [0.4, 0.5) is 20.2 Å². The fourth-order valence-corrected chi connectivity index (χ4v) is 6.40. The zero-order valence-electron chi connectivity index (χ0n) is 18.4. The Labute approximate surface area is 196 Å². The molecule has 6 nitrogen and oxygen atoms in total. The normalized spacial score (nSPS) is 18.9. The first-order valence-corrected chi connectivity index (χ1v) is 12.7. The van der Waals surface area contributed by atoms with Gasteiger partial charge in [0, 0.05) is 41.3 Å². The molecule has 0 bridgehead atoms. The van der Waals surface area contributed by atoms with Gasteiger partial charge in [0.15, 0.2) is 11.6 Å². The summed E-state index contributed by atoms with van der Waals surface area (Å²) in [6.45, 7) is 5.78. The highest BCUT2D eigenvalue weighted by molar-refractivity contribution is 7.94. The third-order valence-electron chi connectivity index (χ3n) is 5.41. The summed E-state index contributed by atoms with van der Waals surface area (Å²) < 4.78 is 61.9. The van der Waals surface area contributed by atoms with Crippen molar-refractivity contribution in [2.24, 2.45) is 0 Å². The van der Waals surface area contributed by atoms with Crippen molar-refractivity contribution in [1.29, 1.82) is 0 Å². The van der Waals surface area contributed by atoms with Crippen molar-refractivity contribution in [2.45, 2.75) is 30.1 Å². The average molecular weight is 494 g/mol. The summed E-state index contributed by atoms with van der Waals surface area (Å²) in [6.07, 6.45) is 0. The van der Waals surface area contributed by atoms with Crippen molar-refractivity contribution < 1.29 is 21.9 Å². The van der Waals surface area contributed by atoms with Crippen LogP contribution in [0.3, 0.4) is 0 Å². The third-order valence-corrected chi connectivity index (χ3v) is 8.39. The fourth-order valence-electron chi connectivity index (χ4n) is 4.01. The van der Waals surface area contributed by atoms with Gasteiger partial charge in [0.2, 0.25) is 0 Å². The van der Waals surface area contributed by atoms with Gasteiger partial charge < -0.3 is 15.0 Å². The molecule has 1 fully saturated rings. The maximum Gasteiger partial charge on any atom is 0.271 e. The van der Waals surface area contributed by atoms with E-state index in [1.165, 1.54) is 31.4 Å². The number of anilines is 2. The predicted octanol–water partition coefficient (Wildman–Crippen LogP) is 4.69. The second-order valence-electron chi connectivity index (χ2n) is 8.08. The molecule has 10 heteroatoms. The summed E-state index contributed by atoms with van der Waals surface area (Å²) in [5.74, 6) is -1.61. The molecule has 33 heavy (non-hydrogen) atoms. The number of sulfonamides is 1. The average Bonchev–Trinajstić information content (AvgIpc) is 3.26. The highest BCUT2D eigenvalue weighted by atomic mass is 32.2. The summed E-state index contributed by atoms with van der Waals surface area (Å²) in [5, 5.41) is 3.47. The Morgan fingerprint density at radius 1 is 1.09 bits per heavy atom. The lowest BCUT2D eigenvalue weighted by atomic mass is 10.1. The number of methoxy groups -OCH3 is 1. The number of hydrogen-bond donors (Lipinski definition) is 2. The molecule has 4 rings (SSSR count). The number of halogens is 2. The lowest BCUT2D eigenvalue weighted by molar-refractivity contribution is 0.406. The van der Waals surface area contributed by atoms with E-state index >= 15 is 0 Å². The molecular weight excluding hydrogens is 468 g/mol. The van der Waals surface area contributed by atoms with Crippen molar-refractivity contribution in [1.82, 2.24) is 5.32 Å². The molecule has 1 saturated heterocycles. The number of piperazine rings is 1. The molecule has 176 valence electrons. The van der Waals surface area contributed by atoms with E-state index in [1.54, 1.807) is 12.1 Å². The fraction of sp³-hybridized carbons (Fsp3) is 0.304. The highest BCUT2D eigenvalue weighted by Crippen LogP contribution is 2.36. The zero-order valence-corrected chi connectivity index (χ0v) is 20.1. The van der Waals surface area contributed by atoms with Crippen molar-refractivity contribution in [3.05, 3.63) is 60.2 Å². The van der Waals surface area contributed by atoms with Gasteiger partial charge in [-0.3, -0.25) is 4.72 Å². The Morgan fingerprint density at radius 2 is 1.82 bits per heavy atom. The van der Waals surface area contributed by atoms with Gasteiger partial charge in [-0.25, -0.2) is 17.2 Å². The summed E-state index contributed by atoms with van der Waals surface area (Å²) in [5.41, 5.74) is 1.20. The number of nitrogens with one attached hydrogen (secondary N) is 2. The Morgan fingerprint density at radius 3 is 2.52 bits per heavy atom. The van der Waals surface area contributed by atoms with E-state index in [0.29, 0.717) is 28.4 Å². The Hall–Kier alpha value is -2.69. The largest absolute Gasteiger partial charge is 0.495 e. The molecule has 3 aromatic rings. The second-order valence-corrected chi connectivity index (χ2v) is 11.1. The van der Waals surface area contributed by atoms with Crippen LogP contribution in [0, 0.1) is 11.6 Å². The first-order valence-electron chi connectivity index (χ1n) is 10.4. The highest BCUT2D eigenvalue weighted by Gasteiger charge is 2.24. The minimum atomic E-state index is -3.98. The minimum Gasteiger partial charge on any atom is -0.495 e. The van der Waals surface area contributed by atoms with Crippen LogP contribution < -0.4 is 19.7 Å². The Balaban J connectivity index is 1.63. The van der Waals surface area contributed by atoms with Crippen LogP contribution in [0.1, 0.15) is 13.8 Å². The van der Waals surface area contributed by atoms with Gasteiger partial charge in [0.1, 0.15) is 9.96 Å². The van der Waals surface area contributed by atoms with Crippen LogP contribution in [0.15, 0.2) is 52.7 Å². The van der Waals surface area contributed by atoms with Gasteiger partial charge >= 0.3 is 0 Å². The van der Waals surface area contributed by atoms with E-state index in [9.17, 15) is 17.2 Å². The molecule has 0 saturated carbocycles. The minimum absolute atomic E-state index is 0.0157. The van der Waals surface area contributed by atoms with Crippen molar-refractivity contribution in [3.63, 3.8) is 0 Å². The molecule has 2 aromatic carbocycles. The standard InChI is InChI=1S/C23H25F2N3O3S2/c1-14-12-28(13-15(2)26-14)16-7-8-20(31-3)19(11-16)27-33(29,30)22-10-9-21(32-22)17-5-4-6-18(24)23(17)25/h4-11,14-15,26-27H,12-13H2,1-3H3/t14-,15+. The molecule has 0 unspecified atom stereocenters. The molecule has 0 aliphatic carbocycles. The lowest BCUT2D eigenvalue weighted by Crippen LogP contribution is -2.54. The smallest absolute Gasteiger partial charge is 0.271 e. The molecule has 1 aromatic heterocycles. The van der Waals surface area contributed by atoms with Crippen LogP contribution in [0.5, 0.6) is 5.75 Å². The number of ether oxygens (including phenoxy) is 1. The molecular formula is C23H25F2N3O3S2. The zero-order chi connectivity index (χ0) is 23.8. The summed E-state index contributed by atoms with van der Waals surface area (Å²) in [7, 11) is -2.51. The summed E-state index contributed by atoms with van der Waals surface area (Å²) >= 11 is 0.865. The number of hydrogen-bond acceptors (Lipinski definition) is 6. The third kappa shape index (κ3) is 4.97. The summed E-state index contributed by atoms with van der Waals surface area (Å²) in [6, 6.07) is 12.6. The first kappa shape index (κ1) is 23.5. The van der Waals surface area contributed by atoms with Gasteiger partial charge in [-0.1, -0.05) is 12.1 Å². The maximum atomic E-state index is 14.2. The summed E-state index contributed by atoms with van der Waals surface area (Å²) in [4.78, 5) is 2.51. The maximum absolute atomic E-state index is 14.2. The number of rotatable bonds is 6. The number of nitrogens with zero attached hydrogens (tertiary/aromatic N) is 1. The second kappa shape index (κ2) is 9.28. The Kier molecular flexibility index (Phi) is 6.60. The van der Waals surface area contributed by atoms with E-state index in [1.807, 2.05) is 6.07 Å². The van der Waals surface area contributed by atoms with Crippen LogP contribution in [-0.2, 0) is 10.0 Å². The lowest BCUT2D eigenvalue weighted by Gasteiger charge is -2.38. The van der Waals surface area contributed by atoms with Gasteiger partial charge in [-0.2, -0.15) is 0 Å². The van der Waals surface area contributed by atoms with Gasteiger partial charge in [0.25, 0.3) is 10.0 Å². The van der Waals surface area contributed by atoms with Crippen molar-refractivity contribution >= 4 is 32.7 Å². The predicted molar refractivity (Wildman–Crippen MR) is 128 cm³/mol. The number of thiophene rings is 1. The van der Waals surface area contributed by atoms with Crippen molar-refractivity contribution in [3.8, 4) is 16.2 Å². The van der Waals surface area contributed by atoms with Crippen LogP contribution in [0.2, 0.25) is 0 Å². The molecule has 0 spiro atoms. The van der Waals surface area contributed by atoms with Crippen LogP contribution >= 0.6 is 11.3 Å². The van der Waals surface area contributed by atoms with Gasteiger partial charge in [-0.15, -0.1) is 11.3 Å². The molecule has 0 amide bonds. The Bertz CT molecular complexity index is 1250. The molecule has 2 N–H and O–H groups in total. The van der Waals surface area contributed by atoms with E-state index < -0.39 is 21.7 Å². The van der Waals surface area contributed by atoms with Crippen molar-refractivity contribution in [2.75, 3.05) is 29.8 Å². The van der Waals surface area contributed by atoms with Gasteiger partial charge in [0.05, 0.1) is 12.8 Å². The van der Waals surface area contributed by atoms with Crippen LogP contribution in [0.25, 0.3) is 10.4 Å². The quantitative estimate of drug-likeness (QED) is 0.521.